The SMILES string of the molecule is CCC1CN(C(=O)C(N)C2CCOCC2)CCN1CC(C)O.Cl.Cl. The van der Waals surface area contributed by atoms with Crippen LogP contribution in [0.25, 0.3) is 0 Å². The van der Waals surface area contributed by atoms with E-state index in [1.807, 2.05) is 11.8 Å². The number of amides is 1. The molecule has 8 heteroatoms. The monoisotopic (exact) mass is 385 g/mol. The Kier molecular flexibility index (Phi) is 11.4. The zero-order chi connectivity index (χ0) is 16.1. The van der Waals surface area contributed by atoms with E-state index in [2.05, 4.69) is 11.8 Å². The van der Waals surface area contributed by atoms with Crippen LogP contribution in [0.1, 0.15) is 33.1 Å². The highest BCUT2D eigenvalue weighted by molar-refractivity contribution is 5.85. The first-order valence-corrected chi connectivity index (χ1v) is 8.57. The van der Waals surface area contributed by atoms with E-state index in [1.54, 1.807) is 0 Å². The van der Waals surface area contributed by atoms with Gasteiger partial charge in [-0.05, 0) is 32.1 Å². The van der Waals surface area contributed by atoms with Crippen molar-refractivity contribution in [2.24, 2.45) is 11.7 Å². The van der Waals surface area contributed by atoms with E-state index in [4.69, 9.17) is 10.5 Å². The van der Waals surface area contributed by atoms with Crippen molar-refractivity contribution in [3.63, 3.8) is 0 Å². The van der Waals surface area contributed by atoms with Gasteiger partial charge in [-0.1, -0.05) is 6.92 Å². The maximum Gasteiger partial charge on any atom is 0.239 e. The Hall–Kier alpha value is -0.110. The molecule has 2 aliphatic heterocycles. The number of aliphatic hydroxyl groups excluding tert-OH is 1. The molecule has 0 spiro atoms. The smallest absolute Gasteiger partial charge is 0.239 e. The van der Waals surface area contributed by atoms with Gasteiger partial charge in [0.25, 0.3) is 0 Å². The first-order valence-electron chi connectivity index (χ1n) is 8.57. The van der Waals surface area contributed by atoms with Crippen molar-refractivity contribution in [1.29, 1.82) is 0 Å². The Bertz CT molecular complexity index is 368. The average Bonchev–Trinajstić information content (AvgIpc) is 2.54. The summed E-state index contributed by atoms with van der Waals surface area (Å²) in [5.41, 5.74) is 6.22. The Morgan fingerprint density at radius 2 is 1.92 bits per heavy atom. The topological polar surface area (TPSA) is 79.0 Å². The molecule has 0 aromatic carbocycles. The number of hydrogen-bond acceptors (Lipinski definition) is 5. The predicted octanol–water partition coefficient (Wildman–Crippen LogP) is 0.887. The molecule has 0 bridgehead atoms. The summed E-state index contributed by atoms with van der Waals surface area (Å²) in [5.74, 6) is 0.332. The Morgan fingerprint density at radius 1 is 1.29 bits per heavy atom. The molecule has 2 fully saturated rings. The summed E-state index contributed by atoms with van der Waals surface area (Å²) in [6, 6.07) is -0.0843. The lowest BCUT2D eigenvalue weighted by molar-refractivity contribution is -0.138. The van der Waals surface area contributed by atoms with Gasteiger partial charge in [0.1, 0.15) is 0 Å². The van der Waals surface area contributed by atoms with Crippen LogP contribution in [-0.2, 0) is 9.53 Å². The van der Waals surface area contributed by atoms with Crippen LogP contribution in [-0.4, -0.2) is 78.4 Å². The minimum absolute atomic E-state index is 0. The maximum absolute atomic E-state index is 12.7. The van der Waals surface area contributed by atoms with Crippen LogP contribution in [0.2, 0.25) is 0 Å². The Balaban J connectivity index is 0.00000264. The van der Waals surface area contributed by atoms with Gasteiger partial charge in [0.15, 0.2) is 0 Å². The number of carbonyl (C=O) groups excluding carboxylic acids is 1. The minimum Gasteiger partial charge on any atom is -0.392 e. The molecule has 1 amide bonds. The molecule has 2 aliphatic rings. The van der Waals surface area contributed by atoms with Crippen LogP contribution in [0.3, 0.4) is 0 Å². The van der Waals surface area contributed by atoms with Gasteiger partial charge in [-0.3, -0.25) is 9.69 Å². The summed E-state index contributed by atoms with van der Waals surface area (Å²) in [5, 5.41) is 9.60. The van der Waals surface area contributed by atoms with Gasteiger partial charge < -0.3 is 20.5 Å². The van der Waals surface area contributed by atoms with Crippen LogP contribution >= 0.6 is 24.8 Å². The fourth-order valence-corrected chi connectivity index (χ4v) is 3.55. The van der Waals surface area contributed by atoms with Crippen LogP contribution in [0.5, 0.6) is 0 Å². The molecule has 0 aromatic rings. The van der Waals surface area contributed by atoms with Gasteiger partial charge in [0.2, 0.25) is 5.91 Å². The molecule has 0 saturated carbocycles. The second-order valence-corrected chi connectivity index (χ2v) is 6.67. The van der Waals surface area contributed by atoms with Gasteiger partial charge >= 0.3 is 0 Å². The molecule has 6 nitrogen and oxygen atoms in total. The molecule has 0 aromatic heterocycles. The van der Waals surface area contributed by atoms with E-state index in [0.29, 0.717) is 32.3 Å². The number of halogens is 2. The Labute approximate surface area is 157 Å². The van der Waals surface area contributed by atoms with E-state index < -0.39 is 6.04 Å². The molecule has 24 heavy (non-hydrogen) atoms. The molecule has 3 N–H and O–H groups in total. The molecular formula is C16H33Cl2N3O3. The number of hydrogen-bond donors (Lipinski definition) is 2. The third-order valence-corrected chi connectivity index (χ3v) is 4.95. The zero-order valence-corrected chi connectivity index (χ0v) is 16.4. The molecule has 2 heterocycles. The standard InChI is InChI=1S/C16H31N3O3.2ClH/c1-3-14-11-19(7-6-18(14)10-12(2)20)16(21)15(17)13-4-8-22-9-5-13;;/h12-15,20H,3-11,17H2,1-2H3;2*1H. The molecular weight excluding hydrogens is 353 g/mol. The number of β-amino-alcohol motifs (C(OH)–C–C–N with tert-alkyl or cyclic N) is 1. The van der Waals surface area contributed by atoms with E-state index >= 15 is 0 Å². The van der Waals surface area contributed by atoms with Crippen molar-refractivity contribution in [3.8, 4) is 0 Å². The third-order valence-electron chi connectivity index (χ3n) is 4.95. The highest BCUT2D eigenvalue weighted by atomic mass is 35.5. The second kappa shape index (κ2) is 11.5. The molecule has 0 aliphatic carbocycles. The van der Waals surface area contributed by atoms with Crippen molar-refractivity contribution in [1.82, 2.24) is 9.80 Å². The van der Waals surface area contributed by atoms with Gasteiger partial charge in [-0.15, -0.1) is 24.8 Å². The van der Waals surface area contributed by atoms with E-state index in [1.165, 1.54) is 0 Å². The zero-order valence-electron chi connectivity index (χ0n) is 14.7. The molecule has 3 atom stereocenters. The van der Waals surface area contributed by atoms with E-state index in [0.717, 1.165) is 32.4 Å². The van der Waals surface area contributed by atoms with Gasteiger partial charge in [0.05, 0.1) is 12.1 Å². The summed E-state index contributed by atoms with van der Waals surface area (Å²) >= 11 is 0. The second-order valence-electron chi connectivity index (χ2n) is 6.67. The number of rotatable bonds is 5. The van der Waals surface area contributed by atoms with Crippen LogP contribution in [0.15, 0.2) is 0 Å². The number of nitrogens with two attached hydrogens (primary N) is 1. The number of piperazine rings is 1. The summed E-state index contributed by atoms with van der Waals surface area (Å²) in [6.45, 7) is 8.29. The first-order chi connectivity index (χ1) is 10.5. The lowest BCUT2D eigenvalue weighted by Gasteiger charge is -2.43. The summed E-state index contributed by atoms with van der Waals surface area (Å²) in [6.07, 6.45) is 2.40. The highest BCUT2D eigenvalue weighted by Gasteiger charge is 2.34. The maximum atomic E-state index is 12.7. The Morgan fingerprint density at radius 3 is 2.46 bits per heavy atom. The predicted molar refractivity (Wildman–Crippen MR) is 99.9 cm³/mol. The third kappa shape index (κ3) is 6.32. The number of carbonyl (C=O) groups is 1. The lowest BCUT2D eigenvalue weighted by atomic mass is 9.91. The molecule has 144 valence electrons. The lowest BCUT2D eigenvalue weighted by Crippen LogP contribution is -2.59. The van der Waals surface area contributed by atoms with Crippen molar-refractivity contribution in [2.45, 2.75) is 51.3 Å². The quantitative estimate of drug-likeness (QED) is 0.734. The van der Waals surface area contributed by atoms with E-state index in [-0.39, 0.29) is 42.7 Å². The van der Waals surface area contributed by atoms with Crippen molar-refractivity contribution < 1.29 is 14.6 Å². The largest absolute Gasteiger partial charge is 0.392 e. The average molecular weight is 386 g/mol. The van der Waals surface area contributed by atoms with Crippen LogP contribution < -0.4 is 5.73 Å². The number of aliphatic hydroxyl groups is 1. The fourth-order valence-electron chi connectivity index (χ4n) is 3.55. The molecule has 0 radical (unpaired) electrons. The summed E-state index contributed by atoms with van der Waals surface area (Å²) in [7, 11) is 0. The highest BCUT2D eigenvalue weighted by Crippen LogP contribution is 2.21. The van der Waals surface area contributed by atoms with Gasteiger partial charge in [-0.25, -0.2) is 0 Å². The number of nitrogens with zero attached hydrogens (tertiary/aromatic N) is 2. The van der Waals surface area contributed by atoms with Gasteiger partial charge in [-0.2, -0.15) is 0 Å². The van der Waals surface area contributed by atoms with Crippen LogP contribution in [0.4, 0.5) is 0 Å². The summed E-state index contributed by atoms with van der Waals surface area (Å²) < 4.78 is 5.35. The number of ether oxygens (including phenoxy) is 1. The normalized spacial score (nSPS) is 25.3. The first kappa shape index (κ1) is 23.9. The molecule has 3 unspecified atom stereocenters. The molecule has 2 saturated heterocycles. The fraction of sp³-hybridized carbons (Fsp3) is 0.938. The van der Waals surface area contributed by atoms with Crippen molar-refractivity contribution >= 4 is 30.7 Å². The van der Waals surface area contributed by atoms with E-state index in [9.17, 15) is 9.90 Å². The van der Waals surface area contributed by atoms with Crippen molar-refractivity contribution in [2.75, 3.05) is 39.4 Å². The molecule has 2 rings (SSSR count). The van der Waals surface area contributed by atoms with Gasteiger partial charge in [0, 0.05) is 45.4 Å². The summed E-state index contributed by atoms with van der Waals surface area (Å²) in [4.78, 5) is 16.9. The minimum atomic E-state index is -0.398. The van der Waals surface area contributed by atoms with Crippen molar-refractivity contribution in [3.05, 3.63) is 0 Å². The van der Waals surface area contributed by atoms with Crippen LogP contribution in [0, 0.1) is 5.92 Å².